The van der Waals surface area contributed by atoms with Crippen LogP contribution in [0.5, 0.6) is 0 Å². The highest BCUT2D eigenvalue weighted by molar-refractivity contribution is 6.30. The summed E-state index contributed by atoms with van der Waals surface area (Å²) in [4.78, 5) is 37.4. The van der Waals surface area contributed by atoms with Crippen molar-refractivity contribution in [1.29, 1.82) is 0 Å². The molecule has 4 N–H and O–H groups in total. The second-order valence-corrected chi connectivity index (χ2v) is 8.66. The largest absolute Gasteiger partial charge is 0.366 e. The van der Waals surface area contributed by atoms with E-state index < -0.39 is 17.9 Å². The maximum absolute atomic E-state index is 13.2. The van der Waals surface area contributed by atoms with Crippen LogP contribution >= 0.6 is 11.6 Å². The number of hydrogen-bond acceptors (Lipinski definition) is 6. The Morgan fingerprint density at radius 3 is 2.38 bits per heavy atom. The molecule has 4 rings (SSSR count). The Bertz CT molecular complexity index is 1380. The molecule has 0 saturated carbocycles. The second-order valence-electron chi connectivity index (χ2n) is 8.23. The molecule has 0 fully saturated rings. The van der Waals surface area contributed by atoms with E-state index in [9.17, 15) is 14.4 Å². The lowest BCUT2D eigenvalue weighted by atomic mass is 10.0. The molecule has 3 aromatic carbocycles. The van der Waals surface area contributed by atoms with Gasteiger partial charge < -0.3 is 16.4 Å². The molecule has 37 heavy (non-hydrogen) atoms. The summed E-state index contributed by atoms with van der Waals surface area (Å²) in [6.07, 6.45) is 2.24. The van der Waals surface area contributed by atoms with Gasteiger partial charge in [0.2, 0.25) is 11.8 Å². The number of nitrogens with two attached hydrogens (primary N) is 1. The zero-order valence-corrected chi connectivity index (χ0v) is 20.4. The molecule has 0 aliphatic rings. The fraction of sp³-hybridized carbons (Fsp3) is 0.154. The number of benzene rings is 3. The molecule has 1 aromatic heterocycles. The lowest BCUT2D eigenvalue weighted by Crippen LogP contribution is -2.48. The average molecular weight is 518 g/mol. The molecule has 188 valence electrons. The van der Waals surface area contributed by atoms with Gasteiger partial charge in [-0.1, -0.05) is 41.9 Å². The Balaban J connectivity index is 1.45. The number of aromatic nitrogens is 4. The van der Waals surface area contributed by atoms with Crippen molar-refractivity contribution in [3.8, 4) is 5.69 Å². The quantitative estimate of drug-likeness (QED) is 0.294. The first kappa shape index (κ1) is 25.5. The van der Waals surface area contributed by atoms with Gasteiger partial charge in [-0.25, -0.2) is 4.68 Å². The number of rotatable bonds is 10. The summed E-state index contributed by atoms with van der Waals surface area (Å²) in [5.41, 5.74) is 8.35. The highest BCUT2D eigenvalue weighted by atomic mass is 35.5. The van der Waals surface area contributed by atoms with Crippen LogP contribution in [0, 0.1) is 0 Å². The summed E-state index contributed by atoms with van der Waals surface area (Å²) < 4.78 is 1.52. The van der Waals surface area contributed by atoms with E-state index in [0.717, 1.165) is 16.8 Å². The van der Waals surface area contributed by atoms with Gasteiger partial charge in [-0.3, -0.25) is 14.4 Å². The van der Waals surface area contributed by atoms with Crippen LogP contribution in [0.25, 0.3) is 5.69 Å². The van der Waals surface area contributed by atoms with E-state index in [0.29, 0.717) is 30.0 Å². The van der Waals surface area contributed by atoms with Gasteiger partial charge >= 0.3 is 0 Å². The van der Waals surface area contributed by atoms with Crippen LogP contribution in [0.1, 0.15) is 31.8 Å². The van der Waals surface area contributed by atoms with E-state index in [2.05, 4.69) is 26.2 Å². The number of nitrogens with zero attached hydrogens (tertiary/aromatic N) is 4. The van der Waals surface area contributed by atoms with Gasteiger partial charge in [0.1, 0.15) is 12.4 Å². The predicted octanol–water partition coefficient (Wildman–Crippen LogP) is 2.11. The molecule has 0 unspecified atom stereocenters. The van der Waals surface area contributed by atoms with E-state index in [1.54, 1.807) is 18.2 Å². The Labute approximate surface area is 217 Å². The van der Waals surface area contributed by atoms with E-state index in [1.165, 1.54) is 35.3 Å². The SMILES string of the molecule is NC(=O)c1ccc(C(=O)N[C@@H](Cc2ccccc2)C(=O)NCCc2cc(Cl)ccc2-n2cnnn2)cc1. The van der Waals surface area contributed by atoms with Gasteiger partial charge in [0, 0.05) is 29.1 Å². The van der Waals surface area contributed by atoms with E-state index in [-0.39, 0.29) is 11.5 Å². The molecular weight excluding hydrogens is 494 g/mol. The topological polar surface area (TPSA) is 145 Å². The van der Waals surface area contributed by atoms with Crippen LogP contribution in [-0.2, 0) is 17.6 Å². The van der Waals surface area contributed by atoms with Crippen molar-refractivity contribution in [3.05, 3.63) is 106 Å². The van der Waals surface area contributed by atoms with Crippen molar-refractivity contribution in [2.45, 2.75) is 18.9 Å². The Morgan fingerprint density at radius 1 is 0.973 bits per heavy atom. The van der Waals surface area contributed by atoms with E-state index in [4.69, 9.17) is 17.3 Å². The molecule has 4 aromatic rings. The minimum atomic E-state index is -0.830. The van der Waals surface area contributed by atoms with Crippen molar-refractivity contribution < 1.29 is 14.4 Å². The normalized spacial score (nSPS) is 11.5. The molecule has 3 amide bonds. The number of tetrazole rings is 1. The first-order chi connectivity index (χ1) is 17.9. The molecule has 0 bridgehead atoms. The third-order valence-corrected chi connectivity index (χ3v) is 5.90. The van der Waals surface area contributed by atoms with Gasteiger partial charge in [0.25, 0.3) is 5.91 Å². The maximum atomic E-state index is 13.2. The van der Waals surface area contributed by atoms with Crippen LogP contribution in [0.15, 0.2) is 79.1 Å². The zero-order chi connectivity index (χ0) is 26.2. The molecule has 1 heterocycles. The molecule has 0 aliphatic heterocycles. The smallest absolute Gasteiger partial charge is 0.251 e. The van der Waals surface area contributed by atoms with Crippen molar-refractivity contribution in [2.24, 2.45) is 5.73 Å². The van der Waals surface area contributed by atoms with E-state index >= 15 is 0 Å². The fourth-order valence-electron chi connectivity index (χ4n) is 3.78. The highest BCUT2D eigenvalue weighted by Gasteiger charge is 2.22. The van der Waals surface area contributed by atoms with Gasteiger partial charge in [-0.05, 0) is 70.4 Å². The summed E-state index contributed by atoms with van der Waals surface area (Å²) in [5, 5.41) is 17.5. The number of amides is 3. The number of nitrogens with one attached hydrogen (secondary N) is 2. The monoisotopic (exact) mass is 517 g/mol. The number of carbonyl (C=O) groups is 3. The summed E-state index contributed by atoms with van der Waals surface area (Å²) in [5.74, 6) is -1.36. The number of halogens is 1. The summed E-state index contributed by atoms with van der Waals surface area (Å²) in [7, 11) is 0. The fourth-order valence-corrected chi connectivity index (χ4v) is 3.97. The maximum Gasteiger partial charge on any atom is 0.251 e. The third-order valence-electron chi connectivity index (χ3n) is 5.67. The van der Waals surface area contributed by atoms with Gasteiger partial charge in [-0.15, -0.1) is 5.10 Å². The van der Waals surface area contributed by atoms with Gasteiger partial charge in [-0.2, -0.15) is 0 Å². The average Bonchev–Trinajstić information content (AvgIpc) is 3.44. The predicted molar refractivity (Wildman–Crippen MR) is 137 cm³/mol. The van der Waals surface area contributed by atoms with E-state index in [1.807, 2.05) is 30.3 Å². The van der Waals surface area contributed by atoms with Crippen molar-refractivity contribution in [1.82, 2.24) is 30.8 Å². The van der Waals surface area contributed by atoms with Crippen molar-refractivity contribution in [3.63, 3.8) is 0 Å². The Kier molecular flexibility index (Phi) is 8.22. The Morgan fingerprint density at radius 2 is 1.70 bits per heavy atom. The lowest BCUT2D eigenvalue weighted by Gasteiger charge is -2.19. The summed E-state index contributed by atoms with van der Waals surface area (Å²) in [6.45, 7) is 0.294. The molecule has 0 saturated heterocycles. The van der Waals surface area contributed by atoms with Crippen LogP contribution in [0.4, 0.5) is 0 Å². The first-order valence-electron chi connectivity index (χ1n) is 11.4. The first-order valence-corrected chi connectivity index (χ1v) is 11.8. The van der Waals surface area contributed by atoms with Gasteiger partial charge in [0.05, 0.1) is 5.69 Å². The molecule has 0 radical (unpaired) electrons. The minimum absolute atomic E-state index is 0.289. The van der Waals surface area contributed by atoms with Crippen LogP contribution in [0.3, 0.4) is 0 Å². The second kappa shape index (κ2) is 11.9. The zero-order valence-electron chi connectivity index (χ0n) is 19.7. The molecule has 0 spiro atoms. The van der Waals surface area contributed by atoms with Gasteiger partial charge in [0.15, 0.2) is 0 Å². The molecular formula is C26H24ClN7O3. The number of primary amides is 1. The number of carbonyl (C=O) groups excluding carboxylic acids is 3. The summed E-state index contributed by atoms with van der Waals surface area (Å²) >= 11 is 6.18. The summed E-state index contributed by atoms with van der Waals surface area (Å²) in [6, 6.07) is 19.8. The highest BCUT2D eigenvalue weighted by Crippen LogP contribution is 2.19. The third kappa shape index (κ3) is 6.77. The molecule has 10 nitrogen and oxygen atoms in total. The van der Waals surface area contributed by atoms with Crippen LogP contribution in [0.2, 0.25) is 5.02 Å². The Hall–Kier alpha value is -4.57. The van der Waals surface area contributed by atoms with Crippen molar-refractivity contribution >= 4 is 29.3 Å². The van der Waals surface area contributed by atoms with Crippen LogP contribution in [-0.4, -0.2) is 50.5 Å². The molecule has 1 atom stereocenters. The van der Waals surface area contributed by atoms with Crippen molar-refractivity contribution in [2.75, 3.05) is 6.54 Å². The van der Waals surface area contributed by atoms with Crippen LogP contribution < -0.4 is 16.4 Å². The molecule has 11 heteroatoms. The lowest BCUT2D eigenvalue weighted by molar-refractivity contribution is -0.122. The molecule has 0 aliphatic carbocycles. The standard InChI is InChI=1S/C26H24ClN7O3/c27-21-10-11-23(34-16-30-32-33-34)20(15-21)12-13-29-26(37)22(14-17-4-2-1-3-5-17)31-25(36)19-8-6-18(7-9-19)24(28)35/h1-11,15-16,22H,12-14H2,(H2,28,35)(H,29,37)(H,31,36)/t22-/m0/s1. The minimum Gasteiger partial charge on any atom is -0.366 e. The number of hydrogen-bond donors (Lipinski definition) is 3.